The van der Waals surface area contributed by atoms with Crippen LogP contribution in [-0.4, -0.2) is 37.6 Å². The first kappa shape index (κ1) is 14.7. The van der Waals surface area contributed by atoms with E-state index in [0.29, 0.717) is 23.5 Å². The average Bonchev–Trinajstić information content (AvgIpc) is 3.28. The van der Waals surface area contributed by atoms with Crippen LogP contribution < -0.4 is 9.47 Å². The molecule has 20 heavy (non-hydrogen) atoms. The third-order valence-electron chi connectivity index (χ3n) is 3.98. The SMILES string of the molecule is COc1cc(C)ccc1OCC(=O)N(C)C(C)C1CC1. The van der Waals surface area contributed by atoms with Crippen LogP contribution in [0.4, 0.5) is 0 Å². The van der Waals surface area contributed by atoms with Gasteiger partial charge in [-0.1, -0.05) is 6.07 Å². The minimum absolute atomic E-state index is 0.00651. The minimum atomic E-state index is 0.00651. The maximum Gasteiger partial charge on any atom is 0.260 e. The monoisotopic (exact) mass is 277 g/mol. The Bertz CT molecular complexity index is 483. The van der Waals surface area contributed by atoms with Crippen LogP contribution in [0.2, 0.25) is 0 Å². The average molecular weight is 277 g/mol. The zero-order valence-electron chi connectivity index (χ0n) is 12.7. The topological polar surface area (TPSA) is 38.8 Å². The number of methoxy groups -OCH3 is 1. The number of ether oxygens (including phenoxy) is 2. The van der Waals surface area contributed by atoms with Crippen LogP contribution >= 0.6 is 0 Å². The Kier molecular flexibility index (Phi) is 4.53. The molecule has 1 aliphatic carbocycles. The second-order valence-corrected chi connectivity index (χ2v) is 5.53. The molecular weight excluding hydrogens is 254 g/mol. The second-order valence-electron chi connectivity index (χ2n) is 5.53. The van der Waals surface area contributed by atoms with Gasteiger partial charge >= 0.3 is 0 Å². The van der Waals surface area contributed by atoms with Crippen LogP contribution in [0, 0.1) is 12.8 Å². The Morgan fingerprint density at radius 1 is 1.40 bits per heavy atom. The summed E-state index contributed by atoms with van der Waals surface area (Å²) in [4.78, 5) is 13.9. The van der Waals surface area contributed by atoms with Gasteiger partial charge in [-0.3, -0.25) is 4.79 Å². The van der Waals surface area contributed by atoms with E-state index in [1.54, 1.807) is 12.0 Å². The van der Waals surface area contributed by atoms with Crippen molar-refractivity contribution in [3.63, 3.8) is 0 Å². The molecule has 4 nitrogen and oxygen atoms in total. The molecule has 0 aromatic heterocycles. The smallest absolute Gasteiger partial charge is 0.260 e. The second kappa shape index (κ2) is 6.16. The lowest BCUT2D eigenvalue weighted by molar-refractivity contribution is -0.134. The van der Waals surface area contributed by atoms with E-state index in [2.05, 4.69) is 6.92 Å². The van der Waals surface area contributed by atoms with Crippen molar-refractivity contribution in [2.75, 3.05) is 20.8 Å². The van der Waals surface area contributed by atoms with Crippen molar-refractivity contribution in [1.82, 2.24) is 4.90 Å². The molecule has 4 heteroatoms. The standard InChI is InChI=1S/C16H23NO3/c1-11-5-8-14(15(9-11)19-4)20-10-16(18)17(3)12(2)13-6-7-13/h5,8-9,12-13H,6-7,10H2,1-4H3. The molecule has 0 bridgehead atoms. The lowest BCUT2D eigenvalue weighted by Gasteiger charge is -2.25. The fraction of sp³-hybridized carbons (Fsp3) is 0.562. The Hall–Kier alpha value is -1.71. The largest absolute Gasteiger partial charge is 0.493 e. The van der Waals surface area contributed by atoms with E-state index >= 15 is 0 Å². The number of hydrogen-bond acceptors (Lipinski definition) is 3. The van der Waals surface area contributed by atoms with Crippen molar-refractivity contribution < 1.29 is 14.3 Å². The van der Waals surface area contributed by atoms with Gasteiger partial charge in [0.1, 0.15) is 0 Å². The maximum atomic E-state index is 12.1. The number of hydrogen-bond donors (Lipinski definition) is 0. The number of benzene rings is 1. The summed E-state index contributed by atoms with van der Waals surface area (Å²) in [5.74, 6) is 1.94. The minimum Gasteiger partial charge on any atom is -0.493 e. The van der Waals surface area contributed by atoms with Gasteiger partial charge in [-0.15, -0.1) is 0 Å². The Balaban J connectivity index is 1.92. The molecule has 0 heterocycles. The van der Waals surface area contributed by atoms with Gasteiger partial charge in [0.2, 0.25) is 0 Å². The van der Waals surface area contributed by atoms with Gasteiger partial charge < -0.3 is 14.4 Å². The van der Waals surface area contributed by atoms with E-state index in [9.17, 15) is 4.79 Å². The number of amides is 1. The number of likely N-dealkylation sites (N-methyl/N-ethyl adjacent to an activating group) is 1. The van der Waals surface area contributed by atoms with Crippen LogP contribution in [-0.2, 0) is 4.79 Å². The van der Waals surface area contributed by atoms with Crippen molar-refractivity contribution in [3.05, 3.63) is 23.8 Å². The molecular formula is C16H23NO3. The molecule has 1 fully saturated rings. The summed E-state index contributed by atoms with van der Waals surface area (Å²) in [5, 5.41) is 0. The molecule has 1 aromatic rings. The number of carbonyl (C=O) groups is 1. The molecule has 110 valence electrons. The van der Waals surface area contributed by atoms with Crippen LogP contribution in [0.3, 0.4) is 0 Å². The summed E-state index contributed by atoms with van der Waals surface area (Å²) in [5.41, 5.74) is 1.10. The van der Waals surface area contributed by atoms with Crippen LogP contribution in [0.15, 0.2) is 18.2 Å². The Morgan fingerprint density at radius 3 is 2.70 bits per heavy atom. The highest BCUT2D eigenvalue weighted by Crippen LogP contribution is 2.34. The molecule has 1 aliphatic rings. The molecule has 0 aliphatic heterocycles. The molecule has 1 amide bonds. The van der Waals surface area contributed by atoms with Gasteiger partial charge in [-0.25, -0.2) is 0 Å². The van der Waals surface area contributed by atoms with Gasteiger partial charge in [-0.2, -0.15) is 0 Å². The van der Waals surface area contributed by atoms with Crippen molar-refractivity contribution in [2.45, 2.75) is 32.7 Å². The highest BCUT2D eigenvalue weighted by Gasteiger charge is 2.32. The highest BCUT2D eigenvalue weighted by molar-refractivity contribution is 5.78. The van der Waals surface area contributed by atoms with Crippen molar-refractivity contribution in [1.29, 1.82) is 0 Å². The first-order valence-corrected chi connectivity index (χ1v) is 7.06. The van der Waals surface area contributed by atoms with Crippen LogP contribution in [0.1, 0.15) is 25.3 Å². The van der Waals surface area contributed by atoms with E-state index in [4.69, 9.17) is 9.47 Å². The third-order valence-corrected chi connectivity index (χ3v) is 3.98. The molecule has 1 unspecified atom stereocenters. The van der Waals surface area contributed by atoms with E-state index in [1.807, 2.05) is 32.2 Å². The maximum absolute atomic E-state index is 12.1. The lowest BCUT2D eigenvalue weighted by Crippen LogP contribution is -2.39. The molecule has 1 saturated carbocycles. The zero-order chi connectivity index (χ0) is 14.7. The normalized spacial score (nSPS) is 15.6. The van der Waals surface area contributed by atoms with Gasteiger partial charge in [0.15, 0.2) is 18.1 Å². The fourth-order valence-corrected chi connectivity index (χ4v) is 2.26. The van der Waals surface area contributed by atoms with Gasteiger partial charge in [-0.05, 0) is 50.3 Å². The fourth-order valence-electron chi connectivity index (χ4n) is 2.26. The van der Waals surface area contributed by atoms with E-state index in [-0.39, 0.29) is 12.5 Å². The van der Waals surface area contributed by atoms with Gasteiger partial charge in [0.25, 0.3) is 5.91 Å². The van der Waals surface area contributed by atoms with Gasteiger partial charge in [0, 0.05) is 13.1 Å². The van der Waals surface area contributed by atoms with E-state index in [0.717, 1.165) is 5.56 Å². The number of nitrogens with zero attached hydrogens (tertiary/aromatic N) is 1. The number of carbonyl (C=O) groups excluding carboxylic acids is 1. The molecule has 0 spiro atoms. The summed E-state index contributed by atoms with van der Waals surface area (Å²) in [6.07, 6.45) is 2.46. The molecule has 1 aromatic carbocycles. The first-order valence-electron chi connectivity index (χ1n) is 7.06. The molecule has 0 radical (unpaired) electrons. The van der Waals surface area contributed by atoms with E-state index in [1.165, 1.54) is 12.8 Å². The van der Waals surface area contributed by atoms with Crippen LogP contribution in [0.5, 0.6) is 11.5 Å². The van der Waals surface area contributed by atoms with Gasteiger partial charge in [0.05, 0.1) is 7.11 Å². The van der Waals surface area contributed by atoms with Crippen LogP contribution in [0.25, 0.3) is 0 Å². The van der Waals surface area contributed by atoms with Crippen molar-refractivity contribution in [3.8, 4) is 11.5 Å². The highest BCUT2D eigenvalue weighted by atomic mass is 16.5. The predicted octanol–water partition coefficient (Wildman–Crippen LogP) is 2.64. The number of rotatable bonds is 6. The summed E-state index contributed by atoms with van der Waals surface area (Å²) in [6.45, 7) is 4.14. The third kappa shape index (κ3) is 3.44. The molecule has 2 rings (SSSR count). The number of aryl methyl sites for hydroxylation is 1. The predicted molar refractivity (Wildman–Crippen MR) is 78.2 cm³/mol. The summed E-state index contributed by atoms with van der Waals surface area (Å²) < 4.78 is 10.9. The Morgan fingerprint density at radius 2 is 2.10 bits per heavy atom. The zero-order valence-corrected chi connectivity index (χ0v) is 12.7. The van der Waals surface area contributed by atoms with Crippen molar-refractivity contribution in [2.24, 2.45) is 5.92 Å². The summed E-state index contributed by atoms with van der Waals surface area (Å²) in [6, 6.07) is 5.98. The summed E-state index contributed by atoms with van der Waals surface area (Å²) >= 11 is 0. The summed E-state index contributed by atoms with van der Waals surface area (Å²) in [7, 11) is 3.45. The molecule has 0 saturated heterocycles. The van der Waals surface area contributed by atoms with Crippen molar-refractivity contribution >= 4 is 5.91 Å². The van der Waals surface area contributed by atoms with E-state index < -0.39 is 0 Å². The quantitative estimate of drug-likeness (QED) is 0.802. The lowest BCUT2D eigenvalue weighted by atomic mass is 10.2. The Labute approximate surface area is 120 Å². The first-order chi connectivity index (χ1) is 9.52. The molecule has 0 N–H and O–H groups in total. The molecule has 1 atom stereocenters.